The van der Waals surface area contributed by atoms with Crippen molar-refractivity contribution in [3.8, 4) is 0 Å². The number of aliphatic hydroxyl groups is 2. The Kier molecular flexibility index (Phi) is 47.6. The molecule has 12 nitrogen and oxygen atoms in total. The zero-order valence-corrected chi connectivity index (χ0v) is 47.9. The number of esters is 3. The first-order valence-corrected chi connectivity index (χ1v) is 29.9. The molecule has 1 aliphatic heterocycles. The molecule has 0 radical (unpaired) electrons. The predicted molar refractivity (Wildman–Crippen MR) is 312 cm³/mol. The van der Waals surface area contributed by atoms with Crippen LogP contribution in [0.5, 0.6) is 0 Å². The van der Waals surface area contributed by atoms with Crippen LogP contribution >= 0.6 is 0 Å². The fraction of sp³-hybridized carbons (Fsp3) is 0.662. The summed E-state index contributed by atoms with van der Waals surface area (Å²) >= 11 is 0. The van der Waals surface area contributed by atoms with Crippen molar-refractivity contribution in [3.63, 3.8) is 0 Å². The third-order valence-corrected chi connectivity index (χ3v) is 12.8. The normalized spacial score (nSPS) is 18.8. The molecule has 77 heavy (non-hydrogen) atoms. The second-order valence-corrected chi connectivity index (χ2v) is 19.9. The van der Waals surface area contributed by atoms with Gasteiger partial charge in [0, 0.05) is 19.3 Å². The Morgan fingerprint density at radius 2 is 0.844 bits per heavy atom. The lowest BCUT2D eigenvalue weighted by Crippen LogP contribution is -2.61. The van der Waals surface area contributed by atoms with E-state index < -0.39 is 67.3 Å². The molecule has 436 valence electrons. The van der Waals surface area contributed by atoms with Crippen molar-refractivity contribution in [1.82, 2.24) is 0 Å². The second-order valence-electron chi connectivity index (χ2n) is 19.9. The first-order valence-electron chi connectivity index (χ1n) is 29.9. The summed E-state index contributed by atoms with van der Waals surface area (Å²) in [5.41, 5.74) is 0. The Morgan fingerprint density at radius 1 is 0.442 bits per heavy atom. The molecule has 0 aromatic heterocycles. The van der Waals surface area contributed by atoms with Gasteiger partial charge in [-0.15, -0.1) is 0 Å². The molecule has 1 aliphatic rings. The lowest BCUT2D eigenvalue weighted by atomic mass is 9.98. The van der Waals surface area contributed by atoms with Crippen molar-refractivity contribution in [2.75, 3.05) is 13.2 Å². The number of carbonyl (C=O) groups excluding carboxylic acids is 3. The summed E-state index contributed by atoms with van der Waals surface area (Å²) in [7, 11) is 0. The monoisotopic (exact) mass is 1080 g/mol. The summed E-state index contributed by atoms with van der Waals surface area (Å²) in [4.78, 5) is 51.1. The third kappa shape index (κ3) is 42.1. The van der Waals surface area contributed by atoms with Crippen molar-refractivity contribution in [1.29, 1.82) is 0 Å². The number of carboxylic acid groups (broad SMARTS) is 1. The van der Waals surface area contributed by atoms with Crippen LogP contribution in [0.15, 0.2) is 109 Å². The van der Waals surface area contributed by atoms with Crippen LogP contribution in [-0.4, -0.2) is 89.2 Å². The van der Waals surface area contributed by atoms with Crippen molar-refractivity contribution in [2.24, 2.45) is 0 Å². The van der Waals surface area contributed by atoms with Crippen molar-refractivity contribution in [3.05, 3.63) is 109 Å². The summed E-state index contributed by atoms with van der Waals surface area (Å²) in [6.07, 6.45) is 57.8. The highest BCUT2D eigenvalue weighted by Crippen LogP contribution is 2.26. The van der Waals surface area contributed by atoms with Crippen LogP contribution < -0.4 is 0 Å². The molecule has 0 aliphatic carbocycles. The Labute approximate surface area is 465 Å². The van der Waals surface area contributed by atoms with Gasteiger partial charge in [-0.25, -0.2) is 4.79 Å². The Hall–Kier alpha value is -4.62. The van der Waals surface area contributed by atoms with Gasteiger partial charge in [-0.3, -0.25) is 14.4 Å². The molecular weight excluding hydrogens is 973 g/mol. The average molecular weight is 1080 g/mol. The lowest BCUT2D eigenvalue weighted by molar-refractivity contribution is -0.301. The number of allylic oxidation sites excluding steroid dienone is 18. The number of hydrogen-bond donors (Lipinski definition) is 3. The fourth-order valence-corrected chi connectivity index (χ4v) is 8.24. The van der Waals surface area contributed by atoms with E-state index in [2.05, 4.69) is 112 Å². The van der Waals surface area contributed by atoms with E-state index in [4.69, 9.17) is 23.7 Å². The number of unbranched alkanes of at least 4 members (excludes halogenated alkanes) is 17. The van der Waals surface area contributed by atoms with Crippen molar-refractivity contribution < 1.29 is 58.2 Å². The summed E-state index contributed by atoms with van der Waals surface area (Å²) in [5.74, 6) is -3.27. The maximum atomic E-state index is 13.1. The minimum Gasteiger partial charge on any atom is -0.479 e. The first-order chi connectivity index (χ1) is 37.6. The number of rotatable bonds is 49. The molecule has 1 heterocycles. The molecule has 0 aromatic carbocycles. The fourth-order valence-electron chi connectivity index (χ4n) is 8.24. The van der Waals surface area contributed by atoms with Crippen LogP contribution in [0.3, 0.4) is 0 Å². The van der Waals surface area contributed by atoms with Gasteiger partial charge >= 0.3 is 23.9 Å². The molecule has 0 spiro atoms. The highest BCUT2D eigenvalue weighted by molar-refractivity contribution is 5.74. The molecule has 0 aromatic rings. The number of carbonyl (C=O) groups is 4. The zero-order chi connectivity index (χ0) is 56.1. The highest BCUT2D eigenvalue weighted by Gasteiger charge is 2.50. The van der Waals surface area contributed by atoms with Crippen LogP contribution in [0.1, 0.15) is 226 Å². The van der Waals surface area contributed by atoms with E-state index in [0.29, 0.717) is 25.7 Å². The minimum atomic E-state index is -1.94. The van der Waals surface area contributed by atoms with Crippen LogP contribution in [0.25, 0.3) is 0 Å². The van der Waals surface area contributed by atoms with Gasteiger partial charge in [0.05, 0.1) is 6.61 Å². The average Bonchev–Trinajstić information content (AvgIpc) is 3.42. The van der Waals surface area contributed by atoms with Crippen LogP contribution in [0.4, 0.5) is 0 Å². The number of aliphatic hydroxyl groups excluding tert-OH is 2. The van der Waals surface area contributed by atoms with Gasteiger partial charge in [0.1, 0.15) is 18.8 Å². The van der Waals surface area contributed by atoms with E-state index in [1.165, 1.54) is 44.9 Å². The summed E-state index contributed by atoms with van der Waals surface area (Å²) in [6, 6.07) is 0. The lowest BCUT2D eigenvalue weighted by Gasteiger charge is -2.40. The SMILES string of the molecule is CC/C=C\C/C=C\C/C=C\C/C=C\C/C=C\C/C=C\CCC(=O)OC1C(OCC(COC(=O)CCCCCCC/C=C\C/C=C\CCCCC)OC(=O)CCCCCCC/C=C\CCCCCC)OC(C(=O)O)C(O)C1O. The number of ether oxygens (including phenoxy) is 5. The van der Waals surface area contributed by atoms with Gasteiger partial charge in [-0.05, 0) is 116 Å². The predicted octanol–water partition coefficient (Wildman–Crippen LogP) is 15.4. The van der Waals surface area contributed by atoms with Crippen molar-refractivity contribution in [2.45, 2.75) is 263 Å². The molecular formula is C65H104O12. The number of carboxylic acids is 1. The summed E-state index contributed by atoms with van der Waals surface area (Å²) in [5, 5.41) is 31.5. The van der Waals surface area contributed by atoms with Gasteiger partial charge in [-0.1, -0.05) is 201 Å². The zero-order valence-electron chi connectivity index (χ0n) is 47.9. The van der Waals surface area contributed by atoms with Crippen LogP contribution in [0.2, 0.25) is 0 Å². The molecule has 1 saturated heterocycles. The van der Waals surface area contributed by atoms with Crippen LogP contribution in [-0.2, 0) is 42.9 Å². The molecule has 1 fully saturated rings. The van der Waals surface area contributed by atoms with Gasteiger partial charge in [0.25, 0.3) is 0 Å². The van der Waals surface area contributed by atoms with Gasteiger partial charge < -0.3 is 39.0 Å². The maximum absolute atomic E-state index is 13.1. The second kappa shape index (κ2) is 52.1. The quantitative estimate of drug-likeness (QED) is 0.0228. The molecule has 0 bridgehead atoms. The van der Waals surface area contributed by atoms with Crippen molar-refractivity contribution >= 4 is 23.9 Å². The molecule has 0 saturated carbocycles. The summed E-state index contributed by atoms with van der Waals surface area (Å²) in [6.45, 7) is 5.78. The molecule has 3 N–H and O–H groups in total. The van der Waals surface area contributed by atoms with E-state index in [9.17, 15) is 34.5 Å². The number of hydrogen-bond acceptors (Lipinski definition) is 11. The van der Waals surface area contributed by atoms with E-state index in [-0.39, 0.29) is 25.9 Å². The van der Waals surface area contributed by atoms with Gasteiger partial charge in [0.15, 0.2) is 24.6 Å². The Bertz CT molecular complexity index is 1750. The minimum absolute atomic E-state index is 0.0717. The Balaban J connectivity index is 2.75. The molecule has 6 atom stereocenters. The third-order valence-electron chi connectivity index (χ3n) is 12.8. The van der Waals surface area contributed by atoms with E-state index in [0.717, 1.165) is 116 Å². The van der Waals surface area contributed by atoms with Gasteiger partial charge in [0.2, 0.25) is 0 Å². The standard InChI is InChI=1S/C65H104O12/c1-4-7-10-13-16-19-22-25-27-28-29-30-32-35-38-41-44-47-50-53-59(68)76-63-61(70)60(69)62(64(71)72)77-65(63)74-55-56(75-58(67)52-49-46-43-40-37-33-24-21-18-15-12-9-6-3)54-73-57(66)51-48-45-42-39-36-34-31-26-23-20-17-14-11-8-5-2/h7,10,16-17,19-21,24-27,29-31,35,38,44,47,56,60-63,65,69-70H,4-6,8-9,11-15,18,22-23,28,32-34,36-37,39-43,45-46,48-55H2,1-3H3,(H,71,72)/b10-7-,19-16-,20-17-,24-21-,27-25-,30-29-,31-26-,38-35-,47-44-. The smallest absolute Gasteiger partial charge is 0.335 e. The van der Waals surface area contributed by atoms with E-state index >= 15 is 0 Å². The topological polar surface area (TPSA) is 175 Å². The largest absolute Gasteiger partial charge is 0.479 e. The highest BCUT2D eigenvalue weighted by atomic mass is 16.7. The number of aliphatic carboxylic acids is 1. The molecule has 12 heteroatoms. The van der Waals surface area contributed by atoms with Crippen LogP contribution in [0, 0.1) is 0 Å². The molecule has 6 unspecified atom stereocenters. The first kappa shape index (κ1) is 70.4. The molecule has 1 rings (SSSR count). The van der Waals surface area contributed by atoms with Gasteiger partial charge in [-0.2, -0.15) is 0 Å². The maximum Gasteiger partial charge on any atom is 0.335 e. The Morgan fingerprint density at radius 3 is 1.34 bits per heavy atom. The molecule has 0 amide bonds. The van der Waals surface area contributed by atoms with E-state index in [1.807, 2.05) is 18.2 Å². The summed E-state index contributed by atoms with van der Waals surface area (Å²) < 4.78 is 28.3. The van der Waals surface area contributed by atoms with E-state index in [1.54, 1.807) is 0 Å².